The number of nitrogens with zero attached hydrogens (tertiary/aromatic N) is 1. The molecule has 0 saturated carbocycles. The van der Waals surface area contributed by atoms with Crippen molar-refractivity contribution in [3.05, 3.63) is 70.2 Å². The second kappa shape index (κ2) is 9.90. The van der Waals surface area contributed by atoms with Crippen LogP contribution < -0.4 is 0 Å². The van der Waals surface area contributed by atoms with E-state index in [4.69, 9.17) is 16.3 Å². The molecule has 1 aliphatic rings. The van der Waals surface area contributed by atoms with Gasteiger partial charge in [0.2, 0.25) is 5.78 Å². The Morgan fingerprint density at radius 3 is 2.13 bits per heavy atom. The van der Waals surface area contributed by atoms with Gasteiger partial charge in [-0.1, -0.05) is 42.8 Å². The lowest BCUT2D eigenvalue weighted by atomic mass is 9.96. The molecule has 1 fully saturated rings. The van der Waals surface area contributed by atoms with Gasteiger partial charge < -0.3 is 9.64 Å². The summed E-state index contributed by atoms with van der Waals surface area (Å²) in [5, 5.41) is 0.581. The van der Waals surface area contributed by atoms with E-state index in [-0.39, 0.29) is 23.6 Å². The number of halogens is 1. The predicted molar refractivity (Wildman–Crippen MR) is 116 cm³/mol. The van der Waals surface area contributed by atoms with Crippen LogP contribution in [-0.4, -0.2) is 41.8 Å². The van der Waals surface area contributed by atoms with E-state index in [2.05, 4.69) is 6.92 Å². The summed E-state index contributed by atoms with van der Waals surface area (Å²) in [6, 6.07) is 14.1. The number of aryl methyl sites for hydroxylation is 1. The van der Waals surface area contributed by atoms with E-state index in [0.29, 0.717) is 42.1 Å². The summed E-state index contributed by atoms with van der Waals surface area (Å²) in [7, 11) is 0. The average Bonchev–Trinajstić information content (AvgIpc) is 2.78. The molecule has 2 aromatic carbocycles. The standard InChI is InChI=1S/C24H26ClNO4/c1-3-17-4-6-18(7-5-17)22(27)16(2)30-24(29)20-12-14-26(15-13-20)23(28)19-8-10-21(25)11-9-19/h4-11,16,20H,3,12-15H2,1-2H3. The van der Waals surface area contributed by atoms with Crippen LogP contribution in [0.2, 0.25) is 5.02 Å². The quantitative estimate of drug-likeness (QED) is 0.500. The number of benzene rings is 2. The van der Waals surface area contributed by atoms with E-state index in [1.807, 2.05) is 12.1 Å². The molecule has 1 saturated heterocycles. The minimum Gasteiger partial charge on any atom is -0.454 e. The van der Waals surface area contributed by atoms with E-state index in [9.17, 15) is 14.4 Å². The molecule has 0 bridgehead atoms. The van der Waals surface area contributed by atoms with Crippen molar-refractivity contribution in [3.63, 3.8) is 0 Å². The molecule has 5 nitrogen and oxygen atoms in total. The van der Waals surface area contributed by atoms with Crippen LogP contribution in [0.5, 0.6) is 0 Å². The van der Waals surface area contributed by atoms with E-state index in [1.165, 1.54) is 0 Å². The fraction of sp³-hybridized carbons (Fsp3) is 0.375. The van der Waals surface area contributed by atoms with Crippen molar-refractivity contribution in [2.24, 2.45) is 5.92 Å². The van der Waals surface area contributed by atoms with Gasteiger partial charge in [0.1, 0.15) is 0 Å². The molecule has 3 rings (SSSR count). The number of carbonyl (C=O) groups is 3. The van der Waals surface area contributed by atoms with Gasteiger partial charge in [0, 0.05) is 29.2 Å². The number of amides is 1. The number of ketones is 1. The zero-order chi connectivity index (χ0) is 21.7. The topological polar surface area (TPSA) is 63.7 Å². The summed E-state index contributed by atoms with van der Waals surface area (Å²) in [6.45, 7) is 4.60. The van der Waals surface area contributed by atoms with Crippen LogP contribution >= 0.6 is 11.6 Å². The summed E-state index contributed by atoms with van der Waals surface area (Å²) >= 11 is 5.87. The lowest BCUT2D eigenvalue weighted by Gasteiger charge is -2.31. The van der Waals surface area contributed by atoms with Crippen molar-refractivity contribution in [1.82, 2.24) is 4.90 Å². The maximum Gasteiger partial charge on any atom is 0.309 e. The smallest absolute Gasteiger partial charge is 0.309 e. The molecule has 0 spiro atoms. The first-order valence-corrected chi connectivity index (χ1v) is 10.6. The lowest BCUT2D eigenvalue weighted by Crippen LogP contribution is -2.41. The highest BCUT2D eigenvalue weighted by Gasteiger charge is 2.31. The maximum atomic E-state index is 12.6. The summed E-state index contributed by atoms with van der Waals surface area (Å²) in [4.78, 5) is 39.4. The van der Waals surface area contributed by atoms with Crippen molar-refractivity contribution in [2.75, 3.05) is 13.1 Å². The molecule has 2 aromatic rings. The van der Waals surface area contributed by atoms with Gasteiger partial charge in [-0.3, -0.25) is 14.4 Å². The minimum absolute atomic E-state index is 0.0717. The van der Waals surface area contributed by atoms with Crippen LogP contribution in [0.25, 0.3) is 0 Å². The largest absolute Gasteiger partial charge is 0.454 e. The maximum absolute atomic E-state index is 12.6. The Bertz CT molecular complexity index is 900. The Morgan fingerprint density at radius 2 is 1.57 bits per heavy atom. The van der Waals surface area contributed by atoms with Gasteiger partial charge in [0.05, 0.1) is 5.92 Å². The fourth-order valence-electron chi connectivity index (χ4n) is 3.56. The molecule has 6 heteroatoms. The SMILES string of the molecule is CCc1ccc(C(=O)C(C)OC(=O)C2CCN(C(=O)c3ccc(Cl)cc3)CC2)cc1. The number of likely N-dealkylation sites (tertiary alicyclic amines) is 1. The first-order valence-electron chi connectivity index (χ1n) is 10.3. The van der Waals surface area contributed by atoms with Crippen molar-refractivity contribution in [3.8, 4) is 0 Å². The fourth-order valence-corrected chi connectivity index (χ4v) is 3.68. The molecule has 0 aliphatic carbocycles. The Kier molecular flexibility index (Phi) is 7.27. The van der Waals surface area contributed by atoms with Crippen LogP contribution in [-0.2, 0) is 16.0 Å². The third-order valence-electron chi connectivity index (χ3n) is 5.52. The van der Waals surface area contributed by atoms with Gasteiger partial charge in [-0.15, -0.1) is 0 Å². The van der Waals surface area contributed by atoms with E-state index in [0.717, 1.165) is 12.0 Å². The van der Waals surface area contributed by atoms with E-state index >= 15 is 0 Å². The van der Waals surface area contributed by atoms with E-state index in [1.54, 1.807) is 48.2 Å². The molecule has 0 aromatic heterocycles. The number of rotatable bonds is 6. The van der Waals surface area contributed by atoms with Gasteiger partial charge in [-0.25, -0.2) is 0 Å². The normalized spacial score (nSPS) is 15.5. The van der Waals surface area contributed by atoms with Gasteiger partial charge in [-0.05, 0) is 56.0 Å². The number of piperidine rings is 1. The van der Waals surface area contributed by atoms with Gasteiger partial charge in [0.15, 0.2) is 6.10 Å². The van der Waals surface area contributed by atoms with Crippen LogP contribution in [0.3, 0.4) is 0 Å². The average molecular weight is 428 g/mol. The molecular weight excluding hydrogens is 402 g/mol. The number of esters is 1. The van der Waals surface area contributed by atoms with Crippen molar-refractivity contribution >= 4 is 29.3 Å². The molecule has 30 heavy (non-hydrogen) atoms. The predicted octanol–water partition coefficient (Wildman–Crippen LogP) is 4.57. The third-order valence-corrected chi connectivity index (χ3v) is 5.77. The first-order chi connectivity index (χ1) is 14.4. The highest BCUT2D eigenvalue weighted by molar-refractivity contribution is 6.30. The zero-order valence-corrected chi connectivity index (χ0v) is 18.0. The zero-order valence-electron chi connectivity index (χ0n) is 17.3. The Hall–Kier alpha value is -2.66. The monoisotopic (exact) mass is 427 g/mol. The molecule has 1 atom stereocenters. The summed E-state index contributed by atoms with van der Waals surface area (Å²) in [5.41, 5.74) is 2.26. The van der Waals surface area contributed by atoms with Crippen LogP contribution in [0.4, 0.5) is 0 Å². The lowest BCUT2D eigenvalue weighted by molar-refractivity contribution is -0.152. The van der Waals surface area contributed by atoms with E-state index < -0.39 is 6.10 Å². The summed E-state index contributed by atoms with van der Waals surface area (Å²) < 4.78 is 5.45. The minimum atomic E-state index is -0.835. The number of hydrogen-bond acceptors (Lipinski definition) is 4. The molecular formula is C24H26ClNO4. The number of carbonyl (C=O) groups excluding carboxylic acids is 3. The van der Waals surface area contributed by atoms with Crippen molar-refractivity contribution < 1.29 is 19.1 Å². The molecule has 1 heterocycles. The Labute approximate surface area is 182 Å². The molecule has 1 aliphatic heterocycles. The highest BCUT2D eigenvalue weighted by Crippen LogP contribution is 2.22. The number of hydrogen-bond donors (Lipinski definition) is 0. The van der Waals surface area contributed by atoms with Crippen LogP contribution in [0, 0.1) is 5.92 Å². The molecule has 0 radical (unpaired) electrons. The van der Waals surface area contributed by atoms with Gasteiger partial charge >= 0.3 is 5.97 Å². The second-order valence-corrected chi connectivity index (χ2v) is 8.00. The molecule has 158 valence electrons. The molecule has 0 N–H and O–H groups in total. The van der Waals surface area contributed by atoms with Gasteiger partial charge in [0.25, 0.3) is 5.91 Å². The molecule has 1 amide bonds. The van der Waals surface area contributed by atoms with Crippen LogP contribution in [0.1, 0.15) is 53.0 Å². The number of Topliss-reactive ketones (excluding diaryl/α,β-unsaturated/α-hetero) is 1. The Balaban J connectivity index is 1.51. The van der Waals surface area contributed by atoms with Crippen LogP contribution in [0.15, 0.2) is 48.5 Å². The van der Waals surface area contributed by atoms with Gasteiger partial charge in [-0.2, -0.15) is 0 Å². The van der Waals surface area contributed by atoms with Crippen molar-refractivity contribution in [1.29, 1.82) is 0 Å². The summed E-state index contributed by atoms with van der Waals surface area (Å²) in [5.74, 6) is -0.962. The Morgan fingerprint density at radius 1 is 1.00 bits per heavy atom. The first kappa shape index (κ1) is 22.0. The molecule has 1 unspecified atom stereocenters. The second-order valence-electron chi connectivity index (χ2n) is 7.57. The summed E-state index contributed by atoms with van der Waals surface area (Å²) in [6.07, 6.45) is 1.10. The third kappa shape index (κ3) is 5.28. The highest BCUT2D eigenvalue weighted by atomic mass is 35.5. The van der Waals surface area contributed by atoms with Crippen molar-refractivity contribution in [2.45, 2.75) is 39.2 Å². The number of ether oxygens (including phenoxy) is 1.